The molecule has 0 bridgehead atoms. The van der Waals surface area contributed by atoms with E-state index in [1.165, 1.54) is 12.1 Å². The molecule has 2 aliphatic rings. The van der Waals surface area contributed by atoms with E-state index in [0.29, 0.717) is 0 Å². The summed E-state index contributed by atoms with van der Waals surface area (Å²) in [5.41, 5.74) is 6.03. The first-order valence-electron chi connectivity index (χ1n) is 7.30. The number of halogens is 1. The third-order valence-corrected chi connectivity index (χ3v) is 4.17. The third-order valence-electron chi connectivity index (χ3n) is 4.17. The van der Waals surface area contributed by atoms with Crippen LogP contribution in [0.15, 0.2) is 58.5 Å². The minimum absolute atomic E-state index is 0.219. The molecule has 2 aliphatic heterocycles. The molecule has 0 N–H and O–H groups in total. The first kappa shape index (κ1) is 13.1. The molecule has 108 valence electrons. The fourth-order valence-electron chi connectivity index (χ4n) is 2.97. The molecule has 0 saturated heterocycles. The zero-order valence-electron chi connectivity index (χ0n) is 12.5. The van der Waals surface area contributed by atoms with Crippen molar-refractivity contribution in [3.63, 3.8) is 0 Å². The van der Waals surface area contributed by atoms with Gasteiger partial charge in [0.15, 0.2) is 0 Å². The normalized spacial score (nSPS) is 17.6. The maximum atomic E-state index is 13.1. The zero-order valence-corrected chi connectivity index (χ0v) is 12.5. The van der Waals surface area contributed by atoms with Gasteiger partial charge in [-0.05, 0) is 55.3 Å². The summed E-state index contributed by atoms with van der Waals surface area (Å²) in [6.07, 6.45) is 3.87. The molecule has 2 nitrogen and oxygen atoms in total. The van der Waals surface area contributed by atoms with Crippen LogP contribution in [0.1, 0.15) is 19.4 Å². The number of nitrogens with zero attached hydrogens (tertiary/aromatic N) is 2. The minimum Gasteiger partial charge on any atom is -0.281 e. The summed E-state index contributed by atoms with van der Waals surface area (Å²) in [7, 11) is 0. The van der Waals surface area contributed by atoms with Crippen molar-refractivity contribution in [3.05, 3.63) is 59.9 Å². The van der Waals surface area contributed by atoms with E-state index in [2.05, 4.69) is 24.9 Å². The molecule has 2 aromatic rings. The molecule has 2 heterocycles. The molecule has 4 rings (SSSR count). The standard InChI is InChI=1S/C19H15FN2/c1-19(2)18-15(9-10-21-19)16-11-13(5-8-17(16)22-18)12-3-6-14(20)7-4-12/h3-11H,1-2H3. The predicted molar refractivity (Wildman–Crippen MR) is 89.5 cm³/mol. The van der Waals surface area contributed by atoms with Crippen molar-refractivity contribution in [2.75, 3.05) is 0 Å². The van der Waals surface area contributed by atoms with Gasteiger partial charge >= 0.3 is 0 Å². The smallest absolute Gasteiger partial charge is 0.123 e. The number of benzene rings is 2. The molecule has 2 aromatic carbocycles. The van der Waals surface area contributed by atoms with Crippen molar-refractivity contribution in [1.29, 1.82) is 0 Å². The van der Waals surface area contributed by atoms with Crippen LogP contribution in [0, 0.1) is 5.82 Å². The van der Waals surface area contributed by atoms with Gasteiger partial charge in [0.25, 0.3) is 0 Å². The third kappa shape index (κ3) is 1.93. The summed E-state index contributed by atoms with van der Waals surface area (Å²) in [6.45, 7) is 4.14. The van der Waals surface area contributed by atoms with Crippen molar-refractivity contribution >= 4 is 23.2 Å². The van der Waals surface area contributed by atoms with Gasteiger partial charge in [-0.25, -0.2) is 9.38 Å². The van der Waals surface area contributed by atoms with Crippen LogP contribution in [0.3, 0.4) is 0 Å². The highest BCUT2D eigenvalue weighted by atomic mass is 19.1. The Bertz CT molecular complexity index is 856. The first-order chi connectivity index (χ1) is 10.5. The van der Waals surface area contributed by atoms with Crippen molar-refractivity contribution < 1.29 is 4.39 Å². The van der Waals surface area contributed by atoms with Crippen LogP contribution in [0.4, 0.5) is 10.1 Å². The maximum absolute atomic E-state index is 13.1. The molecule has 0 aromatic heterocycles. The van der Waals surface area contributed by atoms with E-state index in [9.17, 15) is 4.39 Å². The number of hydrogen-bond donors (Lipinski definition) is 0. The Labute approximate surface area is 128 Å². The quantitative estimate of drug-likeness (QED) is 0.719. The van der Waals surface area contributed by atoms with Gasteiger partial charge < -0.3 is 0 Å². The Kier molecular flexibility index (Phi) is 2.67. The van der Waals surface area contributed by atoms with E-state index in [1.807, 2.05) is 24.4 Å². The summed E-state index contributed by atoms with van der Waals surface area (Å²) in [5, 5.41) is 0. The van der Waals surface area contributed by atoms with Gasteiger partial charge in [-0.2, -0.15) is 0 Å². The molecular weight excluding hydrogens is 275 g/mol. The summed E-state index contributed by atoms with van der Waals surface area (Å²) >= 11 is 0. The van der Waals surface area contributed by atoms with Crippen molar-refractivity contribution in [3.8, 4) is 11.1 Å². The van der Waals surface area contributed by atoms with Crippen LogP contribution in [-0.4, -0.2) is 17.5 Å². The second kappa shape index (κ2) is 4.47. The highest BCUT2D eigenvalue weighted by molar-refractivity contribution is 6.35. The van der Waals surface area contributed by atoms with Crippen molar-refractivity contribution in [2.24, 2.45) is 9.98 Å². The van der Waals surface area contributed by atoms with Crippen LogP contribution in [0.25, 0.3) is 16.7 Å². The average Bonchev–Trinajstić information content (AvgIpc) is 2.87. The van der Waals surface area contributed by atoms with Gasteiger partial charge in [-0.3, -0.25) is 4.99 Å². The summed E-state index contributed by atoms with van der Waals surface area (Å²) in [6, 6.07) is 12.8. The summed E-state index contributed by atoms with van der Waals surface area (Å²) in [5.74, 6) is -0.219. The minimum atomic E-state index is -0.293. The number of fused-ring (bicyclic) bond motifs is 3. The zero-order chi connectivity index (χ0) is 15.3. The monoisotopic (exact) mass is 290 g/mol. The summed E-state index contributed by atoms with van der Waals surface area (Å²) in [4.78, 5) is 9.25. The van der Waals surface area contributed by atoms with E-state index in [1.54, 1.807) is 12.1 Å². The topological polar surface area (TPSA) is 24.7 Å². The van der Waals surface area contributed by atoms with Gasteiger partial charge in [-0.15, -0.1) is 0 Å². The van der Waals surface area contributed by atoms with Gasteiger partial charge in [0.1, 0.15) is 5.82 Å². The number of aliphatic imine (C=N–C) groups is 2. The fourth-order valence-corrected chi connectivity index (χ4v) is 2.97. The molecule has 0 unspecified atom stereocenters. The van der Waals surface area contributed by atoms with Crippen molar-refractivity contribution in [2.45, 2.75) is 19.4 Å². The highest BCUT2D eigenvalue weighted by Crippen LogP contribution is 2.42. The molecule has 22 heavy (non-hydrogen) atoms. The Hall–Kier alpha value is -2.55. The van der Waals surface area contributed by atoms with Crippen LogP contribution in [-0.2, 0) is 0 Å². The molecular formula is C19H15FN2. The van der Waals surface area contributed by atoms with Gasteiger partial charge in [0.2, 0.25) is 0 Å². The largest absolute Gasteiger partial charge is 0.281 e. The Morgan fingerprint density at radius 1 is 0.955 bits per heavy atom. The molecule has 0 radical (unpaired) electrons. The summed E-state index contributed by atoms with van der Waals surface area (Å²) < 4.78 is 13.1. The number of allylic oxidation sites excluding steroid dienone is 1. The van der Waals surface area contributed by atoms with E-state index in [-0.39, 0.29) is 11.4 Å². The highest BCUT2D eigenvalue weighted by Gasteiger charge is 2.34. The second-order valence-corrected chi connectivity index (χ2v) is 6.12. The van der Waals surface area contributed by atoms with E-state index in [0.717, 1.165) is 33.7 Å². The van der Waals surface area contributed by atoms with E-state index >= 15 is 0 Å². The number of hydrogen-bond acceptors (Lipinski definition) is 2. The molecule has 0 spiro atoms. The van der Waals surface area contributed by atoms with Gasteiger partial charge in [-0.1, -0.05) is 18.2 Å². The van der Waals surface area contributed by atoms with Gasteiger partial charge in [0.05, 0.1) is 16.9 Å². The molecule has 0 aliphatic carbocycles. The van der Waals surface area contributed by atoms with Crippen LogP contribution < -0.4 is 0 Å². The Balaban J connectivity index is 1.82. The van der Waals surface area contributed by atoms with Crippen LogP contribution in [0.2, 0.25) is 0 Å². The second-order valence-electron chi connectivity index (χ2n) is 6.12. The predicted octanol–water partition coefficient (Wildman–Crippen LogP) is 4.83. The SMILES string of the molecule is CC1(C)N=CC=C2C1=Nc1ccc(-c3ccc(F)cc3)cc12. The molecule has 0 amide bonds. The van der Waals surface area contributed by atoms with E-state index < -0.39 is 0 Å². The first-order valence-corrected chi connectivity index (χ1v) is 7.30. The fraction of sp³-hybridized carbons (Fsp3) is 0.158. The van der Waals surface area contributed by atoms with E-state index in [4.69, 9.17) is 4.99 Å². The lowest BCUT2D eigenvalue weighted by atomic mass is 9.87. The molecule has 3 heteroatoms. The lowest BCUT2D eigenvalue weighted by Gasteiger charge is -2.23. The lowest BCUT2D eigenvalue weighted by molar-refractivity contribution is 0.628. The van der Waals surface area contributed by atoms with Gasteiger partial charge in [0, 0.05) is 17.4 Å². The maximum Gasteiger partial charge on any atom is 0.123 e. The molecule has 0 saturated carbocycles. The number of dihydropyridines is 1. The Morgan fingerprint density at radius 2 is 1.68 bits per heavy atom. The van der Waals surface area contributed by atoms with Crippen LogP contribution in [0.5, 0.6) is 0 Å². The Morgan fingerprint density at radius 3 is 2.45 bits per heavy atom. The molecule has 0 atom stereocenters. The van der Waals surface area contributed by atoms with Crippen LogP contribution >= 0.6 is 0 Å². The number of rotatable bonds is 1. The average molecular weight is 290 g/mol. The lowest BCUT2D eigenvalue weighted by Crippen LogP contribution is -2.31. The molecule has 0 fully saturated rings. The van der Waals surface area contributed by atoms with Crippen molar-refractivity contribution in [1.82, 2.24) is 0 Å².